The van der Waals surface area contributed by atoms with Crippen LogP contribution in [0.25, 0.3) is 22.0 Å². The van der Waals surface area contributed by atoms with Crippen molar-refractivity contribution in [3.63, 3.8) is 0 Å². The highest BCUT2D eigenvalue weighted by Crippen LogP contribution is 2.33. The van der Waals surface area contributed by atoms with Crippen LogP contribution in [0.1, 0.15) is 0 Å². The molecule has 1 aromatic heterocycles. The molecule has 0 aliphatic heterocycles. The third-order valence-electron chi connectivity index (χ3n) is 3.74. The van der Waals surface area contributed by atoms with Crippen LogP contribution < -0.4 is 5.32 Å². The summed E-state index contributed by atoms with van der Waals surface area (Å²) in [5.41, 5.74) is 2.95. The summed E-state index contributed by atoms with van der Waals surface area (Å²) in [6.07, 6.45) is 0. The number of rotatable bonds is 3. The van der Waals surface area contributed by atoms with Gasteiger partial charge in [-0.25, -0.2) is 4.98 Å². The molecule has 2 nitrogen and oxygen atoms in total. The number of benzene rings is 3. The summed E-state index contributed by atoms with van der Waals surface area (Å²) in [5.74, 6) is 0. The Morgan fingerprint density at radius 2 is 1.71 bits per heavy atom. The Labute approximate surface area is 153 Å². The molecule has 0 saturated carbocycles. The Hall–Kier alpha value is -2.07. The van der Waals surface area contributed by atoms with Gasteiger partial charge in [0, 0.05) is 16.6 Å². The summed E-state index contributed by atoms with van der Waals surface area (Å²) in [6, 6.07) is 20.0. The fourth-order valence-electron chi connectivity index (χ4n) is 2.60. The Kier molecular flexibility index (Phi) is 4.15. The van der Waals surface area contributed by atoms with Crippen LogP contribution in [0.2, 0.25) is 10.0 Å². The van der Waals surface area contributed by atoms with Gasteiger partial charge < -0.3 is 5.32 Å². The molecule has 24 heavy (non-hydrogen) atoms. The lowest BCUT2D eigenvalue weighted by Crippen LogP contribution is -1.90. The van der Waals surface area contributed by atoms with Crippen molar-refractivity contribution in [1.29, 1.82) is 0 Å². The number of anilines is 2. The highest BCUT2D eigenvalue weighted by atomic mass is 35.5. The molecule has 0 saturated heterocycles. The monoisotopic (exact) mass is 370 g/mol. The van der Waals surface area contributed by atoms with Crippen molar-refractivity contribution in [2.75, 3.05) is 5.32 Å². The zero-order valence-electron chi connectivity index (χ0n) is 12.5. The van der Waals surface area contributed by atoms with E-state index in [-0.39, 0.29) is 0 Å². The summed E-state index contributed by atoms with van der Waals surface area (Å²) < 4.78 is 0. The Balaban J connectivity index is 1.68. The lowest BCUT2D eigenvalue weighted by atomic mass is 10.0. The van der Waals surface area contributed by atoms with Crippen LogP contribution in [0.3, 0.4) is 0 Å². The molecule has 118 valence electrons. The molecule has 0 radical (unpaired) electrons. The van der Waals surface area contributed by atoms with Crippen LogP contribution in [0, 0.1) is 0 Å². The fourth-order valence-corrected chi connectivity index (χ4v) is 3.63. The molecular formula is C19H12Cl2N2S. The molecule has 0 aliphatic carbocycles. The molecule has 0 atom stereocenters. The topological polar surface area (TPSA) is 24.9 Å². The van der Waals surface area contributed by atoms with Crippen LogP contribution in [-0.4, -0.2) is 4.98 Å². The van der Waals surface area contributed by atoms with Crippen molar-refractivity contribution in [3.8, 4) is 11.3 Å². The highest BCUT2D eigenvalue weighted by Gasteiger charge is 2.09. The van der Waals surface area contributed by atoms with Crippen molar-refractivity contribution in [2.45, 2.75) is 0 Å². The predicted octanol–water partition coefficient (Wildman–Crippen LogP) is 7.01. The number of hydrogen-bond acceptors (Lipinski definition) is 3. The van der Waals surface area contributed by atoms with Gasteiger partial charge >= 0.3 is 0 Å². The molecular weight excluding hydrogens is 359 g/mol. The minimum Gasteiger partial charge on any atom is -0.331 e. The van der Waals surface area contributed by atoms with Gasteiger partial charge in [0.2, 0.25) is 0 Å². The molecule has 0 unspecified atom stereocenters. The van der Waals surface area contributed by atoms with E-state index in [1.165, 1.54) is 10.8 Å². The minimum atomic E-state index is 0.521. The van der Waals surface area contributed by atoms with Gasteiger partial charge in [0.25, 0.3) is 0 Å². The van der Waals surface area contributed by atoms with Gasteiger partial charge in [0.15, 0.2) is 5.13 Å². The van der Waals surface area contributed by atoms with Gasteiger partial charge in [0.05, 0.1) is 15.7 Å². The number of aromatic nitrogens is 1. The van der Waals surface area contributed by atoms with Gasteiger partial charge in [-0.1, -0.05) is 65.7 Å². The maximum Gasteiger partial charge on any atom is 0.187 e. The molecule has 4 aromatic rings. The average molecular weight is 371 g/mol. The summed E-state index contributed by atoms with van der Waals surface area (Å²) in [4.78, 5) is 4.71. The molecule has 1 heterocycles. The zero-order chi connectivity index (χ0) is 16.5. The number of nitrogens with zero attached hydrogens (tertiary/aromatic N) is 1. The number of halogens is 2. The van der Waals surface area contributed by atoms with Crippen molar-refractivity contribution >= 4 is 56.1 Å². The minimum absolute atomic E-state index is 0.521. The first-order valence-corrected chi connectivity index (χ1v) is 9.00. The van der Waals surface area contributed by atoms with Crippen molar-refractivity contribution in [1.82, 2.24) is 4.98 Å². The molecule has 0 bridgehead atoms. The lowest BCUT2D eigenvalue weighted by Gasteiger charge is -2.05. The summed E-state index contributed by atoms with van der Waals surface area (Å²) >= 11 is 13.6. The molecule has 0 spiro atoms. The van der Waals surface area contributed by atoms with E-state index in [1.807, 2.05) is 18.2 Å². The predicted molar refractivity (Wildman–Crippen MR) is 105 cm³/mol. The molecule has 5 heteroatoms. The first-order chi connectivity index (χ1) is 11.7. The third kappa shape index (κ3) is 2.98. The van der Waals surface area contributed by atoms with Crippen molar-refractivity contribution in [3.05, 3.63) is 76.1 Å². The Bertz CT molecular complexity index is 1020. The van der Waals surface area contributed by atoms with Crippen LogP contribution in [0.5, 0.6) is 0 Å². The van der Waals surface area contributed by atoms with Gasteiger partial charge in [-0.3, -0.25) is 0 Å². The SMILES string of the molecule is Clc1ccc(Nc2nc(-c3cccc4ccccc34)cs2)cc1Cl. The number of thiazole rings is 1. The first-order valence-electron chi connectivity index (χ1n) is 7.36. The fraction of sp³-hybridized carbons (Fsp3) is 0. The zero-order valence-corrected chi connectivity index (χ0v) is 14.8. The maximum absolute atomic E-state index is 6.06. The second-order valence-electron chi connectivity index (χ2n) is 5.32. The average Bonchev–Trinajstić information content (AvgIpc) is 3.06. The van der Waals surface area contributed by atoms with E-state index in [1.54, 1.807) is 23.5 Å². The molecule has 0 aliphatic rings. The van der Waals surface area contributed by atoms with Crippen LogP contribution in [-0.2, 0) is 0 Å². The summed E-state index contributed by atoms with van der Waals surface area (Å²) in [6.45, 7) is 0. The lowest BCUT2D eigenvalue weighted by molar-refractivity contribution is 1.39. The Morgan fingerprint density at radius 1 is 0.875 bits per heavy atom. The normalized spacial score (nSPS) is 10.9. The Morgan fingerprint density at radius 3 is 2.58 bits per heavy atom. The van der Waals surface area contributed by atoms with Crippen LogP contribution >= 0.6 is 34.5 Å². The van der Waals surface area contributed by atoms with E-state index in [4.69, 9.17) is 28.2 Å². The maximum atomic E-state index is 6.06. The largest absolute Gasteiger partial charge is 0.331 e. The quantitative estimate of drug-likeness (QED) is 0.419. The third-order valence-corrected chi connectivity index (χ3v) is 5.24. The van der Waals surface area contributed by atoms with Crippen LogP contribution in [0.4, 0.5) is 10.8 Å². The van der Waals surface area contributed by atoms with Gasteiger partial charge in [-0.2, -0.15) is 0 Å². The van der Waals surface area contributed by atoms with E-state index in [9.17, 15) is 0 Å². The number of nitrogens with one attached hydrogen (secondary N) is 1. The van der Waals surface area contributed by atoms with Gasteiger partial charge in [-0.15, -0.1) is 11.3 Å². The molecule has 3 aromatic carbocycles. The molecule has 0 fully saturated rings. The van der Waals surface area contributed by atoms with E-state index < -0.39 is 0 Å². The van der Waals surface area contributed by atoms with Gasteiger partial charge in [-0.05, 0) is 29.0 Å². The van der Waals surface area contributed by atoms with E-state index in [0.717, 1.165) is 22.1 Å². The number of hydrogen-bond donors (Lipinski definition) is 1. The van der Waals surface area contributed by atoms with E-state index >= 15 is 0 Å². The highest BCUT2D eigenvalue weighted by molar-refractivity contribution is 7.14. The van der Waals surface area contributed by atoms with Crippen molar-refractivity contribution in [2.24, 2.45) is 0 Å². The number of fused-ring (bicyclic) bond motifs is 1. The van der Waals surface area contributed by atoms with Crippen molar-refractivity contribution < 1.29 is 0 Å². The second-order valence-corrected chi connectivity index (χ2v) is 6.99. The molecule has 1 N–H and O–H groups in total. The summed E-state index contributed by atoms with van der Waals surface area (Å²) in [5, 5.41) is 9.62. The van der Waals surface area contributed by atoms with E-state index in [2.05, 4.69) is 41.0 Å². The van der Waals surface area contributed by atoms with Crippen LogP contribution in [0.15, 0.2) is 66.0 Å². The van der Waals surface area contributed by atoms with E-state index in [0.29, 0.717) is 10.0 Å². The molecule has 0 amide bonds. The second kappa shape index (κ2) is 6.44. The summed E-state index contributed by atoms with van der Waals surface area (Å²) in [7, 11) is 0. The first kappa shape index (κ1) is 15.5. The standard InChI is InChI=1S/C19H12Cl2N2S/c20-16-9-8-13(10-17(16)21)22-19-23-18(11-24-19)15-7-3-5-12-4-1-2-6-14(12)15/h1-11H,(H,22,23). The smallest absolute Gasteiger partial charge is 0.187 e. The molecule has 4 rings (SSSR count). The van der Waals surface area contributed by atoms with Gasteiger partial charge in [0.1, 0.15) is 0 Å².